The average Bonchev–Trinajstić information content (AvgIpc) is 2.76. The molecule has 3 aromatic rings. The van der Waals surface area contributed by atoms with Crippen molar-refractivity contribution in [1.82, 2.24) is 4.98 Å². The summed E-state index contributed by atoms with van der Waals surface area (Å²) in [5.74, 6) is -3.87. The molecule has 176 valence electrons. The number of aliphatic hydroxyl groups is 1. The van der Waals surface area contributed by atoms with Crippen LogP contribution in [0.5, 0.6) is 5.75 Å². The summed E-state index contributed by atoms with van der Waals surface area (Å²) in [5, 5.41) is 25.2. The number of hydrogen-bond donors (Lipinski definition) is 4. The Morgan fingerprint density at radius 2 is 1.82 bits per heavy atom. The fraction of sp³-hybridized carbons (Fsp3) is 0.375. The second kappa shape index (κ2) is 8.06. The molecule has 0 aliphatic heterocycles. The Hall–Kier alpha value is -3.07. The van der Waals surface area contributed by atoms with Gasteiger partial charge in [-0.25, -0.2) is 4.39 Å². The molecule has 1 heterocycles. The predicted molar refractivity (Wildman–Crippen MR) is 117 cm³/mol. The van der Waals surface area contributed by atoms with Gasteiger partial charge in [0.05, 0.1) is 11.6 Å². The number of hydrogen-bond acceptors (Lipinski definition) is 4. The molecule has 33 heavy (non-hydrogen) atoms. The van der Waals surface area contributed by atoms with E-state index in [9.17, 15) is 32.6 Å². The molecule has 0 saturated heterocycles. The summed E-state index contributed by atoms with van der Waals surface area (Å²) in [6.07, 6.45) is -4.91. The zero-order chi connectivity index (χ0) is 24.1. The molecule has 0 saturated carbocycles. The van der Waals surface area contributed by atoms with Gasteiger partial charge >= 0.3 is 6.18 Å². The SMILES string of the molecule is CCC1c2c(ccc(F)c2O)C(Nc2cccc3[nH]c(=O)ccc23)C(O)(C(F)(F)F)C1CC. The highest BCUT2D eigenvalue weighted by atomic mass is 19.4. The average molecular weight is 464 g/mol. The van der Waals surface area contributed by atoms with Gasteiger partial charge < -0.3 is 20.5 Å². The molecule has 0 radical (unpaired) electrons. The Labute approximate surface area is 187 Å². The lowest BCUT2D eigenvalue weighted by Crippen LogP contribution is -2.61. The molecule has 0 amide bonds. The molecule has 1 aliphatic carbocycles. The molecule has 5 nitrogen and oxygen atoms in total. The Morgan fingerprint density at radius 3 is 2.45 bits per heavy atom. The van der Waals surface area contributed by atoms with E-state index in [1.165, 1.54) is 31.2 Å². The number of anilines is 1. The van der Waals surface area contributed by atoms with Gasteiger partial charge in [-0.3, -0.25) is 4.79 Å². The number of aromatic amines is 1. The molecule has 4 atom stereocenters. The Bertz CT molecular complexity index is 1260. The fourth-order valence-corrected chi connectivity index (χ4v) is 5.31. The molecule has 9 heteroatoms. The van der Waals surface area contributed by atoms with E-state index in [1.54, 1.807) is 19.1 Å². The third-order valence-electron chi connectivity index (χ3n) is 6.77. The van der Waals surface area contributed by atoms with Gasteiger partial charge in [-0.1, -0.05) is 26.0 Å². The molecule has 0 spiro atoms. The predicted octanol–water partition coefficient (Wildman–Crippen LogP) is 5.35. The highest BCUT2D eigenvalue weighted by Gasteiger charge is 2.67. The molecule has 4 N–H and O–H groups in total. The van der Waals surface area contributed by atoms with Gasteiger partial charge in [-0.2, -0.15) is 13.2 Å². The number of nitrogens with one attached hydrogen (secondary N) is 2. The molecular formula is C24H24F4N2O3. The maximum Gasteiger partial charge on any atom is 0.419 e. The monoisotopic (exact) mass is 464 g/mol. The Balaban J connectivity index is 2.00. The second-order valence-corrected chi connectivity index (χ2v) is 8.42. The zero-order valence-electron chi connectivity index (χ0n) is 18.0. The van der Waals surface area contributed by atoms with Crippen molar-refractivity contribution in [2.24, 2.45) is 5.92 Å². The molecule has 2 aromatic carbocycles. The van der Waals surface area contributed by atoms with Crippen LogP contribution in [0, 0.1) is 11.7 Å². The topological polar surface area (TPSA) is 85.4 Å². The molecule has 1 aliphatic rings. The zero-order valence-corrected chi connectivity index (χ0v) is 18.0. The lowest BCUT2D eigenvalue weighted by atomic mass is 9.61. The van der Waals surface area contributed by atoms with Crippen molar-refractivity contribution in [3.05, 3.63) is 69.8 Å². The lowest BCUT2D eigenvalue weighted by Gasteiger charge is -2.51. The summed E-state index contributed by atoms with van der Waals surface area (Å²) in [5.41, 5.74) is -2.87. The van der Waals surface area contributed by atoms with Gasteiger partial charge in [0.25, 0.3) is 0 Å². The maximum atomic E-state index is 14.6. The molecule has 0 bridgehead atoms. The van der Waals surface area contributed by atoms with Crippen molar-refractivity contribution >= 4 is 16.6 Å². The first-order valence-corrected chi connectivity index (χ1v) is 10.7. The third kappa shape index (κ3) is 3.45. The summed E-state index contributed by atoms with van der Waals surface area (Å²) >= 11 is 0. The molecule has 0 fully saturated rings. The Kier molecular flexibility index (Phi) is 5.64. The summed E-state index contributed by atoms with van der Waals surface area (Å²) < 4.78 is 58.1. The summed E-state index contributed by atoms with van der Waals surface area (Å²) in [6.45, 7) is 3.18. The third-order valence-corrected chi connectivity index (χ3v) is 6.77. The van der Waals surface area contributed by atoms with E-state index >= 15 is 0 Å². The van der Waals surface area contributed by atoms with E-state index in [4.69, 9.17) is 0 Å². The number of halogens is 4. The number of H-pyrrole nitrogens is 1. The number of benzene rings is 2. The first kappa shape index (κ1) is 23.1. The van der Waals surface area contributed by atoms with Crippen LogP contribution in [0.1, 0.15) is 49.8 Å². The van der Waals surface area contributed by atoms with E-state index in [1.807, 2.05) is 0 Å². The van der Waals surface area contributed by atoms with Crippen LogP contribution in [-0.2, 0) is 0 Å². The van der Waals surface area contributed by atoms with Crippen LogP contribution >= 0.6 is 0 Å². The lowest BCUT2D eigenvalue weighted by molar-refractivity contribution is -0.292. The van der Waals surface area contributed by atoms with Crippen molar-refractivity contribution in [2.45, 2.75) is 50.4 Å². The minimum atomic E-state index is -5.03. The van der Waals surface area contributed by atoms with Gasteiger partial charge in [0.2, 0.25) is 5.56 Å². The molecule has 4 unspecified atom stereocenters. The molecular weight excluding hydrogens is 440 g/mol. The summed E-state index contributed by atoms with van der Waals surface area (Å²) in [4.78, 5) is 14.3. The Morgan fingerprint density at radius 1 is 1.09 bits per heavy atom. The largest absolute Gasteiger partial charge is 0.505 e. The van der Waals surface area contributed by atoms with Crippen LogP contribution < -0.4 is 10.9 Å². The normalized spacial score (nSPS) is 25.1. The van der Waals surface area contributed by atoms with Crippen LogP contribution in [0.3, 0.4) is 0 Å². The molecule has 4 rings (SSSR count). The van der Waals surface area contributed by atoms with Gasteiger partial charge in [0.15, 0.2) is 17.2 Å². The number of phenolic OH excluding ortho intramolecular Hbond substituents is 1. The summed E-state index contributed by atoms with van der Waals surface area (Å²) in [6, 6.07) is 7.78. The number of rotatable bonds is 4. The van der Waals surface area contributed by atoms with E-state index in [0.717, 1.165) is 6.07 Å². The number of aromatic nitrogens is 1. The van der Waals surface area contributed by atoms with Crippen LogP contribution in [0.2, 0.25) is 0 Å². The minimum Gasteiger partial charge on any atom is -0.505 e. The van der Waals surface area contributed by atoms with E-state index < -0.39 is 41.2 Å². The standard InChI is InChI=1S/C24H24F4N2O3/c1-3-12-15(4-2)23(33,24(26,27)28)22(14-8-10-16(25)21(32)20(12)14)30-18-7-5-6-17-13(18)9-11-19(31)29-17/h5-12,15,22,30,32-33H,3-4H2,1-2H3,(H,29,31). The highest BCUT2D eigenvalue weighted by molar-refractivity contribution is 5.91. The van der Waals surface area contributed by atoms with E-state index in [0.29, 0.717) is 10.9 Å². The van der Waals surface area contributed by atoms with Gasteiger partial charge in [-0.15, -0.1) is 0 Å². The molecule has 1 aromatic heterocycles. The summed E-state index contributed by atoms with van der Waals surface area (Å²) in [7, 11) is 0. The first-order chi connectivity index (χ1) is 15.5. The second-order valence-electron chi connectivity index (χ2n) is 8.42. The van der Waals surface area contributed by atoms with Crippen LogP contribution in [0.25, 0.3) is 10.9 Å². The van der Waals surface area contributed by atoms with Crippen molar-refractivity contribution in [3.8, 4) is 5.75 Å². The van der Waals surface area contributed by atoms with Crippen LogP contribution in [-0.4, -0.2) is 27.0 Å². The number of phenols is 1. The van der Waals surface area contributed by atoms with Crippen LogP contribution in [0.15, 0.2) is 47.3 Å². The first-order valence-electron chi connectivity index (χ1n) is 10.7. The number of aromatic hydroxyl groups is 1. The van der Waals surface area contributed by atoms with Crippen molar-refractivity contribution in [1.29, 1.82) is 0 Å². The maximum absolute atomic E-state index is 14.6. The van der Waals surface area contributed by atoms with Crippen molar-refractivity contribution in [2.75, 3.05) is 5.32 Å². The van der Waals surface area contributed by atoms with Gasteiger partial charge in [0, 0.05) is 28.6 Å². The number of pyridine rings is 1. The number of alkyl halides is 3. The smallest absolute Gasteiger partial charge is 0.419 e. The van der Waals surface area contributed by atoms with Gasteiger partial charge in [0.1, 0.15) is 0 Å². The van der Waals surface area contributed by atoms with Crippen molar-refractivity contribution in [3.63, 3.8) is 0 Å². The minimum absolute atomic E-state index is 0.0216. The highest BCUT2D eigenvalue weighted by Crippen LogP contribution is 2.59. The quantitative estimate of drug-likeness (QED) is 0.392. The number of fused-ring (bicyclic) bond motifs is 2. The van der Waals surface area contributed by atoms with E-state index in [-0.39, 0.29) is 35.2 Å². The van der Waals surface area contributed by atoms with Gasteiger partial charge in [-0.05, 0) is 48.6 Å². The van der Waals surface area contributed by atoms with E-state index in [2.05, 4.69) is 10.3 Å². The van der Waals surface area contributed by atoms with Crippen LogP contribution in [0.4, 0.5) is 23.2 Å². The van der Waals surface area contributed by atoms with Crippen molar-refractivity contribution < 1.29 is 27.8 Å². The fourth-order valence-electron chi connectivity index (χ4n) is 5.31.